The highest BCUT2D eigenvalue weighted by atomic mass is 28.1. The molecule has 0 N–H and O–H groups in total. The monoisotopic (exact) mass is 301 g/mol. The van der Waals surface area contributed by atoms with E-state index in [4.69, 9.17) is 0 Å². The smallest absolute Gasteiger partial charge is 0.0266 e. The molecule has 3 saturated carbocycles. The molecule has 1 heteroatoms. The van der Waals surface area contributed by atoms with E-state index in [2.05, 4.69) is 16.3 Å². The lowest BCUT2D eigenvalue weighted by Crippen LogP contribution is -2.20. The molecule has 0 bridgehead atoms. The molecule has 3 rings (SSSR count). The third kappa shape index (κ3) is 4.47. The minimum atomic E-state index is 0.794. The van der Waals surface area contributed by atoms with Gasteiger partial charge in [0.15, 0.2) is 0 Å². The highest BCUT2D eigenvalue weighted by Crippen LogP contribution is 2.42. The van der Waals surface area contributed by atoms with Crippen LogP contribution in [0.15, 0.2) is 11.6 Å². The van der Waals surface area contributed by atoms with Crippen molar-refractivity contribution in [2.75, 3.05) is 0 Å². The van der Waals surface area contributed by atoms with E-state index in [9.17, 15) is 0 Å². The molecule has 21 heavy (non-hydrogen) atoms. The Balaban J connectivity index is 1.70. The number of allylic oxidation sites excluding steroid dienone is 2. The second-order valence-electron chi connectivity index (χ2n) is 7.95. The van der Waals surface area contributed by atoms with Crippen LogP contribution in [0.25, 0.3) is 0 Å². The number of hydrogen-bond acceptors (Lipinski definition) is 0. The van der Waals surface area contributed by atoms with Gasteiger partial charge in [-0.1, -0.05) is 68.6 Å². The van der Waals surface area contributed by atoms with Gasteiger partial charge in [0.1, 0.15) is 0 Å². The minimum Gasteiger partial charge on any atom is -0.0817 e. The van der Waals surface area contributed by atoms with Crippen LogP contribution in [0.2, 0.25) is 5.54 Å². The molecule has 0 aromatic heterocycles. The lowest BCUT2D eigenvalue weighted by atomic mass is 9.72. The van der Waals surface area contributed by atoms with Crippen LogP contribution in [-0.2, 0) is 0 Å². The van der Waals surface area contributed by atoms with E-state index in [0.717, 1.165) is 23.3 Å². The summed E-state index contributed by atoms with van der Waals surface area (Å²) in [5, 5.41) is 0. The Bertz CT molecular complexity index is 306. The third-order valence-corrected chi connectivity index (χ3v) is 6.93. The van der Waals surface area contributed by atoms with Crippen molar-refractivity contribution in [1.29, 1.82) is 0 Å². The first kappa shape index (κ1) is 15.8. The lowest BCUT2D eigenvalue weighted by Gasteiger charge is -2.34. The maximum absolute atomic E-state index is 3.87. The van der Waals surface area contributed by atoms with E-state index >= 15 is 0 Å². The minimum absolute atomic E-state index is 0.794. The van der Waals surface area contributed by atoms with Crippen LogP contribution in [-0.4, -0.2) is 10.2 Å². The Kier molecular flexibility index (Phi) is 6.03. The Morgan fingerprint density at radius 3 is 1.57 bits per heavy atom. The molecule has 117 valence electrons. The fourth-order valence-electron chi connectivity index (χ4n) is 5.04. The molecule has 0 amide bonds. The molecule has 0 aromatic carbocycles. The fraction of sp³-hybridized carbons (Fsp3) is 0.900. The first-order valence-electron chi connectivity index (χ1n) is 9.75. The van der Waals surface area contributed by atoms with Gasteiger partial charge in [-0.05, 0) is 56.3 Å². The fourth-order valence-corrected chi connectivity index (χ4v) is 5.37. The van der Waals surface area contributed by atoms with Crippen molar-refractivity contribution >= 4 is 10.2 Å². The van der Waals surface area contributed by atoms with E-state index in [1.165, 1.54) is 89.9 Å². The summed E-state index contributed by atoms with van der Waals surface area (Å²) < 4.78 is 0. The van der Waals surface area contributed by atoms with E-state index in [-0.39, 0.29) is 0 Å². The summed E-state index contributed by atoms with van der Waals surface area (Å²) in [6.45, 7) is 0. The summed E-state index contributed by atoms with van der Waals surface area (Å²) in [7, 11) is 3.87. The van der Waals surface area contributed by atoms with E-state index in [0.29, 0.717) is 0 Å². The van der Waals surface area contributed by atoms with Crippen LogP contribution in [0, 0.1) is 17.8 Å². The molecular formula is C20H33Si. The summed E-state index contributed by atoms with van der Waals surface area (Å²) >= 11 is 0. The molecule has 0 aliphatic heterocycles. The van der Waals surface area contributed by atoms with Crippen molar-refractivity contribution in [3.05, 3.63) is 11.6 Å². The predicted octanol–water partition coefficient (Wildman–Crippen LogP) is 6.22. The zero-order valence-corrected chi connectivity index (χ0v) is 14.8. The summed E-state index contributed by atoms with van der Waals surface area (Å²) in [5.74, 6) is 2.82. The van der Waals surface area contributed by atoms with Crippen molar-refractivity contribution in [3.8, 4) is 0 Å². The van der Waals surface area contributed by atoms with Crippen molar-refractivity contribution in [3.63, 3.8) is 0 Å². The molecule has 0 aromatic rings. The van der Waals surface area contributed by atoms with Crippen molar-refractivity contribution in [2.24, 2.45) is 17.8 Å². The second kappa shape index (κ2) is 7.99. The first-order valence-corrected chi connectivity index (χ1v) is 10.3. The highest BCUT2D eigenvalue weighted by molar-refractivity contribution is 6.11. The van der Waals surface area contributed by atoms with Crippen LogP contribution in [0.5, 0.6) is 0 Å². The van der Waals surface area contributed by atoms with Gasteiger partial charge in [0, 0.05) is 10.2 Å². The normalized spacial score (nSPS) is 32.8. The zero-order valence-electron chi connectivity index (χ0n) is 13.8. The third-order valence-electron chi connectivity index (χ3n) is 6.35. The van der Waals surface area contributed by atoms with Crippen LogP contribution < -0.4 is 0 Å². The van der Waals surface area contributed by atoms with Gasteiger partial charge in [0.2, 0.25) is 0 Å². The molecule has 0 unspecified atom stereocenters. The average molecular weight is 302 g/mol. The standard InChI is InChI=1S/C20H33Si/c21-19-13-11-16(12-14-19)15-20(17-7-3-1-4-8-17)18-9-5-2-6-10-18/h15-19H,1-14H2. The van der Waals surface area contributed by atoms with Gasteiger partial charge >= 0.3 is 0 Å². The molecule has 0 saturated heterocycles. The van der Waals surface area contributed by atoms with Gasteiger partial charge in [0.05, 0.1) is 0 Å². The van der Waals surface area contributed by atoms with Crippen molar-refractivity contribution in [2.45, 2.75) is 95.4 Å². The van der Waals surface area contributed by atoms with Crippen LogP contribution in [0.4, 0.5) is 0 Å². The molecular weight excluding hydrogens is 268 g/mol. The molecule has 0 nitrogen and oxygen atoms in total. The van der Waals surface area contributed by atoms with Gasteiger partial charge in [-0.2, -0.15) is 0 Å². The topological polar surface area (TPSA) is 0 Å². The summed E-state index contributed by atoms with van der Waals surface area (Å²) in [5.41, 5.74) is 2.73. The van der Waals surface area contributed by atoms with Gasteiger partial charge < -0.3 is 0 Å². The van der Waals surface area contributed by atoms with E-state index < -0.39 is 0 Å². The van der Waals surface area contributed by atoms with Gasteiger partial charge in [0.25, 0.3) is 0 Å². The van der Waals surface area contributed by atoms with Gasteiger partial charge in [-0.25, -0.2) is 0 Å². The molecule has 0 heterocycles. The Hall–Kier alpha value is -0.0431. The summed E-state index contributed by atoms with van der Waals surface area (Å²) in [6, 6.07) is 0. The number of rotatable bonds is 3. The van der Waals surface area contributed by atoms with Crippen LogP contribution in [0.3, 0.4) is 0 Å². The quantitative estimate of drug-likeness (QED) is 0.429. The Morgan fingerprint density at radius 1 is 0.619 bits per heavy atom. The summed E-state index contributed by atoms with van der Waals surface area (Å²) in [4.78, 5) is 0. The molecule has 3 aliphatic rings. The SMILES string of the molecule is [Si]C1CCC(C=C(C2CCCCC2)C2CCCCC2)CC1. The van der Waals surface area contributed by atoms with Gasteiger partial charge in [-0.3, -0.25) is 0 Å². The average Bonchev–Trinajstić information content (AvgIpc) is 2.56. The second-order valence-corrected chi connectivity index (χ2v) is 8.76. The Labute approximate surface area is 135 Å². The molecule has 3 radical (unpaired) electrons. The molecule has 0 atom stereocenters. The van der Waals surface area contributed by atoms with Crippen molar-refractivity contribution < 1.29 is 0 Å². The molecule has 0 spiro atoms. The van der Waals surface area contributed by atoms with E-state index in [1.54, 1.807) is 0 Å². The summed E-state index contributed by atoms with van der Waals surface area (Å²) in [6.07, 6.45) is 23.4. The predicted molar refractivity (Wildman–Crippen MR) is 92.7 cm³/mol. The van der Waals surface area contributed by atoms with Gasteiger partial charge in [-0.15, -0.1) is 0 Å². The maximum atomic E-state index is 3.87. The zero-order chi connectivity index (χ0) is 14.5. The van der Waals surface area contributed by atoms with Crippen molar-refractivity contribution in [1.82, 2.24) is 0 Å². The van der Waals surface area contributed by atoms with Crippen LogP contribution >= 0.6 is 0 Å². The molecule has 3 aliphatic carbocycles. The maximum Gasteiger partial charge on any atom is 0.0266 e. The van der Waals surface area contributed by atoms with E-state index in [1.807, 2.05) is 5.57 Å². The molecule has 3 fully saturated rings. The Morgan fingerprint density at radius 2 is 1.10 bits per heavy atom. The lowest BCUT2D eigenvalue weighted by molar-refractivity contribution is 0.318. The number of hydrogen-bond donors (Lipinski definition) is 0. The highest BCUT2D eigenvalue weighted by Gasteiger charge is 2.27. The largest absolute Gasteiger partial charge is 0.0817 e. The van der Waals surface area contributed by atoms with Crippen LogP contribution in [0.1, 0.15) is 89.9 Å². The first-order chi connectivity index (χ1) is 10.3.